The number of urea groups is 1. The van der Waals surface area contributed by atoms with Gasteiger partial charge in [-0.15, -0.1) is 11.3 Å². The quantitative estimate of drug-likeness (QED) is 0.756. The van der Waals surface area contributed by atoms with Crippen LogP contribution in [0.4, 0.5) is 4.79 Å². The van der Waals surface area contributed by atoms with Crippen LogP contribution < -0.4 is 10.6 Å². The predicted molar refractivity (Wildman–Crippen MR) is 94.1 cm³/mol. The van der Waals surface area contributed by atoms with Crippen LogP contribution in [0.2, 0.25) is 0 Å². The number of hydrogen-bond acceptors (Lipinski definition) is 5. The van der Waals surface area contributed by atoms with Gasteiger partial charge < -0.3 is 10.6 Å². The van der Waals surface area contributed by atoms with Crippen molar-refractivity contribution in [3.8, 4) is 0 Å². The van der Waals surface area contributed by atoms with E-state index in [2.05, 4.69) is 15.6 Å². The second kappa shape index (κ2) is 7.11. The number of hydrogen-bond donors (Lipinski definition) is 2. The Morgan fingerprint density at radius 2 is 2.04 bits per heavy atom. The molecule has 1 aromatic rings. The number of thiazole rings is 1. The molecule has 2 N–H and O–H groups in total. The lowest BCUT2D eigenvalue weighted by molar-refractivity contribution is -0.131. The first kappa shape index (κ1) is 17.8. The van der Waals surface area contributed by atoms with Crippen LogP contribution in [0.1, 0.15) is 54.1 Å². The maximum atomic E-state index is 12.5. The second-order valence-corrected chi connectivity index (χ2v) is 8.09. The number of amides is 4. The third-order valence-corrected chi connectivity index (χ3v) is 6.01. The molecule has 0 atom stereocenters. The van der Waals surface area contributed by atoms with E-state index in [0.29, 0.717) is 25.9 Å². The van der Waals surface area contributed by atoms with E-state index in [-0.39, 0.29) is 17.8 Å². The zero-order valence-electron chi connectivity index (χ0n) is 14.7. The highest BCUT2D eigenvalue weighted by Crippen LogP contribution is 2.35. The highest BCUT2D eigenvalue weighted by molar-refractivity contribution is 7.11. The first-order valence-electron chi connectivity index (χ1n) is 8.75. The SMILES string of the molecule is Cc1nc(C)c(CNC(=O)CCCN2C(=O)NC3(CCCC3)C2=O)s1. The molecule has 1 saturated heterocycles. The fourth-order valence-corrected chi connectivity index (χ4v) is 4.48. The predicted octanol–water partition coefficient (Wildman–Crippen LogP) is 2.02. The summed E-state index contributed by atoms with van der Waals surface area (Å²) in [5.74, 6) is -0.195. The van der Waals surface area contributed by atoms with Gasteiger partial charge in [0.1, 0.15) is 5.54 Å². The fourth-order valence-electron chi connectivity index (χ4n) is 3.60. The van der Waals surface area contributed by atoms with Crippen LogP contribution >= 0.6 is 11.3 Å². The second-order valence-electron chi connectivity index (χ2n) is 6.80. The zero-order valence-corrected chi connectivity index (χ0v) is 15.5. The van der Waals surface area contributed by atoms with Crippen molar-refractivity contribution in [1.82, 2.24) is 20.5 Å². The van der Waals surface area contributed by atoms with Gasteiger partial charge in [-0.2, -0.15) is 0 Å². The summed E-state index contributed by atoms with van der Waals surface area (Å²) >= 11 is 1.58. The standard InChI is InChI=1S/C17H24N4O3S/c1-11-13(25-12(2)19-11)10-18-14(22)6-5-9-21-15(23)17(20-16(21)24)7-3-4-8-17/h3-10H2,1-2H3,(H,18,22)(H,20,24). The van der Waals surface area contributed by atoms with Crippen molar-refractivity contribution in [2.75, 3.05) is 6.54 Å². The third kappa shape index (κ3) is 3.68. The molecule has 0 aromatic carbocycles. The Balaban J connectivity index is 1.43. The highest BCUT2D eigenvalue weighted by atomic mass is 32.1. The van der Waals surface area contributed by atoms with E-state index in [1.54, 1.807) is 11.3 Å². The van der Waals surface area contributed by atoms with Crippen molar-refractivity contribution in [2.24, 2.45) is 0 Å². The minimum Gasteiger partial charge on any atom is -0.351 e. The minimum absolute atomic E-state index is 0.0758. The first-order valence-corrected chi connectivity index (χ1v) is 9.57. The van der Waals surface area contributed by atoms with Gasteiger partial charge >= 0.3 is 6.03 Å². The number of carbonyl (C=O) groups is 3. The van der Waals surface area contributed by atoms with Gasteiger partial charge in [0.15, 0.2) is 0 Å². The number of nitrogens with one attached hydrogen (secondary N) is 2. The highest BCUT2D eigenvalue weighted by Gasteiger charge is 2.51. The molecule has 0 radical (unpaired) electrons. The number of aromatic nitrogens is 1. The summed E-state index contributed by atoms with van der Waals surface area (Å²) in [6.45, 7) is 4.64. The Morgan fingerprint density at radius 1 is 1.32 bits per heavy atom. The van der Waals surface area contributed by atoms with Crippen LogP contribution in [0, 0.1) is 13.8 Å². The maximum Gasteiger partial charge on any atom is 0.325 e. The van der Waals surface area contributed by atoms with E-state index in [9.17, 15) is 14.4 Å². The van der Waals surface area contributed by atoms with E-state index in [1.165, 1.54) is 4.90 Å². The van der Waals surface area contributed by atoms with Crippen LogP contribution in [0.5, 0.6) is 0 Å². The lowest BCUT2D eigenvalue weighted by Crippen LogP contribution is -2.44. The number of rotatable bonds is 6. The third-order valence-electron chi connectivity index (χ3n) is 4.93. The minimum atomic E-state index is -0.666. The van der Waals surface area contributed by atoms with Gasteiger partial charge in [0.05, 0.1) is 17.2 Å². The number of imide groups is 1. The smallest absolute Gasteiger partial charge is 0.325 e. The van der Waals surface area contributed by atoms with E-state index >= 15 is 0 Å². The van der Waals surface area contributed by atoms with Crippen LogP contribution in [0.25, 0.3) is 0 Å². The van der Waals surface area contributed by atoms with Gasteiger partial charge in [0.2, 0.25) is 5.91 Å². The van der Waals surface area contributed by atoms with Crippen LogP contribution in [0.3, 0.4) is 0 Å². The zero-order chi connectivity index (χ0) is 18.0. The topological polar surface area (TPSA) is 91.4 Å². The van der Waals surface area contributed by atoms with E-state index in [4.69, 9.17) is 0 Å². The molecule has 2 fully saturated rings. The average molecular weight is 364 g/mol. The van der Waals surface area contributed by atoms with Gasteiger partial charge in [-0.1, -0.05) is 12.8 Å². The first-order chi connectivity index (χ1) is 11.9. The van der Waals surface area contributed by atoms with E-state index in [0.717, 1.165) is 41.3 Å². The van der Waals surface area contributed by atoms with Gasteiger partial charge in [-0.25, -0.2) is 9.78 Å². The molecule has 7 nitrogen and oxygen atoms in total. The summed E-state index contributed by atoms with van der Waals surface area (Å²) in [7, 11) is 0. The number of carbonyl (C=O) groups excluding carboxylic acids is 3. The molecular weight excluding hydrogens is 340 g/mol. The fraction of sp³-hybridized carbons (Fsp3) is 0.647. The number of nitrogens with zero attached hydrogens (tertiary/aromatic N) is 2. The van der Waals surface area contributed by atoms with Gasteiger partial charge in [-0.05, 0) is 33.1 Å². The summed E-state index contributed by atoms with van der Waals surface area (Å²) in [6, 6.07) is -0.317. The molecule has 4 amide bonds. The van der Waals surface area contributed by atoms with E-state index in [1.807, 2.05) is 13.8 Å². The molecule has 1 spiro atoms. The normalized spacial score (nSPS) is 18.9. The largest absolute Gasteiger partial charge is 0.351 e. The summed E-state index contributed by atoms with van der Waals surface area (Å²) in [5, 5.41) is 6.72. The van der Waals surface area contributed by atoms with E-state index < -0.39 is 5.54 Å². The van der Waals surface area contributed by atoms with Crippen LogP contribution in [0.15, 0.2) is 0 Å². The Bertz CT molecular complexity index is 694. The molecule has 2 heterocycles. The molecule has 2 aliphatic rings. The number of aryl methyl sites for hydroxylation is 2. The van der Waals surface area contributed by atoms with Crippen LogP contribution in [-0.4, -0.2) is 39.8 Å². The average Bonchev–Trinajstić information content (AvgIpc) is 3.21. The van der Waals surface area contributed by atoms with Gasteiger partial charge in [-0.3, -0.25) is 14.5 Å². The molecule has 25 heavy (non-hydrogen) atoms. The Kier molecular flexibility index (Phi) is 5.08. The van der Waals surface area contributed by atoms with Crippen molar-refractivity contribution in [1.29, 1.82) is 0 Å². The van der Waals surface area contributed by atoms with Gasteiger partial charge in [0.25, 0.3) is 5.91 Å². The molecule has 1 aliphatic heterocycles. The molecule has 3 rings (SSSR count). The monoisotopic (exact) mass is 364 g/mol. The lowest BCUT2D eigenvalue weighted by Gasteiger charge is -2.19. The molecule has 136 valence electrons. The molecular formula is C17H24N4O3S. The summed E-state index contributed by atoms with van der Waals surface area (Å²) in [4.78, 5) is 43.2. The summed E-state index contributed by atoms with van der Waals surface area (Å²) in [5.41, 5.74) is 0.282. The molecule has 0 bridgehead atoms. The van der Waals surface area contributed by atoms with Crippen LogP contribution in [-0.2, 0) is 16.1 Å². The van der Waals surface area contributed by atoms with Crippen molar-refractivity contribution in [3.63, 3.8) is 0 Å². The molecule has 1 aliphatic carbocycles. The molecule has 0 unspecified atom stereocenters. The molecule has 1 saturated carbocycles. The maximum absolute atomic E-state index is 12.5. The Labute approximate surface area is 151 Å². The summed E-state index contributed by atoms with van der Waals surface area (Å²) < 4.78 is 0. The molecule has 1 aromatic heterocycles. The molecule has 8 heteroatoms. The Morgan fingerprint density at radius 3 is 2.68 bits per heavy atom. The Hall–Kier alpha value is -1.96. The van der Waals surface area contributed by atoms with Crippen molar-refractivity contribution < 1.29 is 14.4 Å². The van der Waals surface area contributed by atoms with Crippen molar-refractivity contribution in [2.45, 2.75) is 64.5 Å². The van der Waals surface area contributed by atoms with Crippen molar-refractivity contribution in [3.05, 3.63) is 15.6 Å². The lowest BCUT2D eigenvalue weighted by atomic mass is 9.98. The van der Waals surface area contributed by atoms with Crippen molar-refractivity contribution >= 4 is 29.2 Å². The summed E-state index contributed by atoms with van der Waals surface area (Å²) in [6.07, 6.45) is 4.16. The van der Waals surface area contributed by atoms with Gasteiger partial charge in [0, 0.05) is 17.8 Å².